The van der Waals surface area contributed by atoms with Crippen molar-refractivity contribution in [3.63, 3.8) is 0 Å². The summed E-state index contributed by atoms with van der Waals surface area (Å²) < 4.78 is 0. The highest BCUT2D eigenvalue weighted by Crippen LogP contribution is 2.26. The van der Waals surface area contributed by atoms with Crippen molar-refractivity contribution in [3.8, 4) is 11.4 Å². The number of hydrogen-bond acceptors (Lipinski definition) is 4. The standard InChI is InChI=1S/C22H22N4/c1-15(2)20-14-17(12-13-23-20)24-22-18-10-6-7-11-19(18)25-21(26-22)16-8-4-3-5-9-16/h3-11,14-15H,12-13H2,1-2H3,(H,24,25,26). The fourth-order valence-corrected chi connectivity index (χ4v) is 3.09. The Morgan fingerprint density at radius 1 is 0.923 bits per heavy atom. The molecule has 4 rings (SSSR count). The van der Waals surface area contributed by atoms with E-state index in [9.17, 15) is 0 Å². The van der Waals surface area contributed by atoms with Gasteiger partial charge >= 0.3 is 0 Å². The highest BCUT2D eigenvalue weighted by atomic mass is 15.0. The van der Waals surface area contributed by atoms with Gasteiger partial charge in [-0.1, -0.05) is 56.3 Å². The minimum absolute atomic E-state index is 0.425. The molecule has 0 spiro atoms. The van der Waals surface area contributed by atoms with Crippen molar-refractivity contribution < 1.29 is 0 Å². The number of dihydropyridines is 1. The average Bonchev–Trinajstić information content (AvgIpc) is 2.69. The maximum Gasteiger partial charge on any atom is 0.162 e. The molecule has 2 heterocycles. The smallest absolute Gasteiger partial charge is 0.162 e. The number of rotatable bonds is 4. The van der Waals surface area contributed by atoms with E-state index in [1.165, 1.54) is 0 Å². The van der Waals surface area contributed by atoms with Gasteiger partial charge in [0, 0.05) is 35.3 Å². The lowest BCUT2D eigenvalue weighted by molar-refractivity contribution is 0.844. The Hall–Kier alpha value is -3.01. The summed E-state index contributed by atoms with van der Waals surface area (Å²) in [4.78, 5) is 14.2. The second kappa shape index (κ2) is 7.08. The number of allylic oxidation sites excluding steroid dienone is 1. The van der Waals surface area contributed by atoms with Crippen LogP contribution in [0.15, 0.2) is 71.4 Å². The Labute approximate surface area is 153 Å². The first-order valence-electron chi connectivity index (χ1n) is 9.05. The number of aliphatic imine (C=N–C) groups is 1. The quantitative estimate of drug-likeness (QED) is 0.718. The van der Waals surface area contributed by atoms with E-state index in [2.05, 4.69) is 36.3 Å². The maximum absolute atomic E-state index is 4.83. The van der Waals surface area contributed by atoms with Gasteiger partial charge in [0.15, 0.2) is 5.82 Å². The normalized spacial score (nSPS) is 14.3. The molecule has 4 nitrogen and oxygen atoms in total. The summed E-state index contributed by atoms with van der Waals surface area (Å²) in [5.74, 6) is 2.01. The fraction of sp³-hybridized carbons (Fsp3) is 0.227. The summed E-state index contributed by atoms with van der Waals surface area (Å²) in [7, 11) is 0. The Kier molecular flexibility index (Phi) is 4.48. The van der Waals surface area contributed by atoms with Gasteiger partial charge < -0.3 is 5.32 Å². The summed E-state index contributed by atoms with van der Waals surface area (Å²) in [5, 5.41) is 4.58. The minimum Gasteiger partial charge on any atom is -0.343 e. The Balaban J connectivity index is 1.78. The van der Waals surface area contributed by atoms with Crippen LogP contribution in [0.5, 0.6) is 0 Å². The molecule has 0 fully saturated rings. The number of nitrogens with zero attached hydrogens (tertiary/aromatic N) is 3. The monoisotopic (exact) mass is 342 g/mol. The number of nitrogens with one attached hydrogen (secondary N) is 1. The van der Waals surface area contributed by atoms with E-state index in [0.717, 1.165) is 52.5 Å². The summed E-state index contributed by atoms with van der Waals surface area (Å²) in [6.45, 7) is 5.17. The van der Waals surface area contributed by atoms with Crippen LogP contribution in [-0.2, 0) is 0 Å². The lowest BCUT2D eigenvalue weighted by atomic mass is 10.0. The molecule has 2 aromatic carbocycles. The molecular formula is C22H22N4. The van der Waals surface area contributed by atoms with Gasteiger partial charge in [0.2, 0.25) is 0 Å². The number of anilines is 1. The van der Waals surface area contributed by atoms with Gasteiger partial charge in [-0.05, 0) is 24.1 Å². The molecule has 0 bridgehead atoms. The minimum atomic E-state index is 0.425. The summed E-state index contributed by atoms with van der Waals surface area (Å²) >= 11 is 0. The van der Waals surface area contributed by atoms with Gasteiger partial charge in [-0.15, -0.1) is 0 Å². The number of hydrogen-bond donors (Lipinski definition) is 1. The molecule has 0 atom stereocenters. The van der Waals surface area contributed by atoms with Crippen LogP contribution in [0, 0.1) is 5.92 Å². The second-order valence-electron chi connectivity index (χ2n) is 6.78. The molecule has 1 aliphatic rings. The van der Waals surface area contributed by atoms with E-state index in [1.807, 2.05) is 48.5 Å². The first kappa shape index (κ1) is 16.5. The fourth-order valence-electron chi connectivity index (χ4n) is 3.09. The highest BCUT2D eigenvalue weighted by molar-refractivity contribution is 5.98. The highest BCUT2D eigenvalue weighted by Gasteiger charge is 2.13. The van der Waals surface area contributed by atoms with Crippen molar-refractivity contribution in [2.24, 2.45) is 10.9 Å². The first-order chi connectivity index (χ1) is 12.7. The van der Waals surface area contributed by atoms with E-state index < -0.39 is 0 Å². The van der Waals surface area contributed by atoms with E-state index in [0.29, 0.717) is 5.92 Å². The van der Waals surface area contributed by atoms with Gasteiger partial charge in [0.1, 0.15) is 5.82 Å². The molecule has 0 saturated carbocycles. The average molecular weight is 342 g/mol. The molecule has 4 heteroatoms. The zero-order valence-corrected chi connectivity index (χ0v) is 15.1. The zero-order chi connectivity index (χ0) is 17.9. The topological polar surface area (TPSA) is 50.2 Å². The summed E-state index contributed by atoms with van der Waals surface area (Å²) in [5.41, 5.74) is 4.26. The largest absolute Gasteiger partial charge is 0.343 e. The number of para-hydroxylation sites is 1. The molecule has 0 amide bonds. The van der Waals surface area contributed by atoms with Gasteiger partial charge in [0.05, 0.1) is 5.52 Å². The second-order valence-corrected chi connectivity index (χ2v) is 6.78. The molecule has 26 heavy (non-hydrogen) atoms. The predicted molar refractivity (Wildman–Crippen MR) is 108 cm³/mol. The zero-order valence-electron chi connectivity index (χ0n) is 15.1. The van der Waals surface area contributed by atoms with E-state index in [4.69, 9.17) is 9.97 Å². The van der Waals surface area contributed by atoms with Gasteiger partial charge in [-0.3, -0.25) is 4.99 Å². The van der Waals surface area contributed by atoms with Crippen molar-refractivity contribution in [3.05, 3.63) is 66.4 Å². The van der Waals surface area contributed by atoms with Gasteiger partial charge in [0.25, 0.3) is 0 Å². The Morgan fingerprint density at radius 2 is 1.69 bits per heavy atom. The van der Waals surface area contributed by atoms with Crippen molar-refractivity contribution >= 4 is 22.4 Å². The van der Waals surface area contributed by atoms with Crippen LogP contribution < -0.4 is 5.32 Å². The molecule has 3 aromatic rings. The molecule has 0 aliphatic carbocycles. The number of aromatic nitrogens is 2. The van der Waals surface area contributed by atoms with Crippen LogP contribution in [0.3, 0.4) is 0 Å². The molecular weight excluding hydrogens is 320 g/mol. The van der Waals surface area contributed by atoms with Crippen LogP contribution in [0.4, 0.5) is 5.82 Å². The molecule has 0 unspecified atom stereocenters. The summed E-state index contributed by atoms with van der Waals surface area (Å²) in [6, 6.07) is 18.2. The Morgan fingerprint density at radius 3 is 2.50 bits per heavy atom. The van der Waals surface area contributed by atoms with Crippen molar-refractivity contribution in [1.29, 1.82) is 0 Å². The van der Waals surface area contributed by atoms with E-state index in [-0.39, 0.29) is 0 Å². The van der Waals surface area contributed by atoms with Crippen LogP contribution in [0.2, 0.25) is 0 Å². The molecule has 1 N–H and O–H groups in total. The molecule has 1 aliphatic heterocycles. The third-order valence-electron chi connectivity index (χ3n) is 4.50. The number of fused-ring (bicyclic) bond motifs is 1. The van der Waals surface area contributed by atoms with Crippen molar-refractivity contribution in [2.75, 3.05) is 11.9 Å². The predicted octanol–water partition coefficient (Wildman–Crippen LogP) is 5.09. The third-order valence-corrected chi connectivity index (χ3v) is 4.50. The lowest BCUT2D eigenvalue weighted by Gasteiger charge is -2.18. The van der Waals surface area contributed by atoms with E-state index >= 15 is 0 Å². The molecule has 1 aromatic heterocycles. The van der Waals surface area contributed by atoms with Crippen LogP contribution in [0.1, 0.15) is 20.3 Å². The Bertz CT molecular complexity index is 987. The summed E-state index contributed by atoms with van der Waals surface area (Å²) in [6.07, 6.45) is 3.06. The molecule has 130 valence electrons. The van der Waals surface area contributed by atoms with Gasteiger partial charge in [-0.25, -0.2) is 9.97 Å². The van der Waals surface area contributed by atoms with Crippen LogP contribution >= 0.6 is 0 Å². The van der Waals surface area contributed by atoms with Crippen molar-refractivity contribution in [2.45, 2.75) is 20.3 Å². The molecule has 0 radical (unpaired) electrons. The molecule has 0 saturated heterocycles. The van der Waals surface area contributed by atoms with Crippen LogP contribution in [0.25, 0.3) is 22.3 Å². The first-order valence-corrected chi connectivity index (χ1v) is 9.05. The third kappa shape index (κ3) is 3.36. The number of benzene rings is 2. The lowest BCUT2D eigenvalue weighted by Crippen LogP contribution is -2.15. The maximum atomic E-state index is 4.83. The van der Waals surface area contributed by atoms with Crippen molar-refractivity contribution in [1.82, 2.24) is 9.97 Å². The van der Waals surface area contributed by atoms with Gasteiger partial charge in [-0.2, -0.15) is 0 Å². The van der Waals surface area contributed by atoms with E-state index in [1.54, 1.807) is 0 Å². The van der Waals surface area contributed by atoms with Crippen LogP contribution in [-0.4, -0.2) is 22.2 Å². The SMILES string of the molecule is CC(C)C1=NCCC(Nc2nc(-c3ccccc3)nc3ccccc23)=C1.